The molecule has 2 aromatic heterocycles. The first-order valence-electron chi connectivity index (χ1n) is 12.2. The summed E-state index contributed by atoms with van der Waals surface area (Å²) in [5.41, 5.74) is 3.11. The second-order valence-corrected chi connectivity index (χ2v) is 10.1. The Balaban J connectivity index is 0.00000353. The molecular weight excluding hydrogens is 497 g/mol. The minimum Gasteiger partial charge on any atom is -0.455 e. The van der Waals surface area contributed by atoms with Gasteiger partial charge in [0.25, 0.3) is 5.89 Å². The van der Waals surface area contributed by atoms with Crippen molar-refractivity contribution in [2.75, 3.05) is 0 Å². The van der Waals surface area contributed by atoms with Crippen LogP contribution in [0.4, 0.5) is 4.39 Å². The molecule has 0 bridgehead atoms. The molecule has 0 atom stereocenters. The van der Waals surface area contributed by atoms with Crippen LogP contribution in [0.3, 0.4) is 0 Å². The van der Waals surface area contributed by atoms with Gasteiger partial charge in [0.05, 0.1) is 16.8 Å². The summed E-state index contributed by atoms with van der Waals surface area (Å²) >= 11 is 0. The Bertz CT molecular complexity index is 1740. The van der Waals surface area contributed by atoms with E-state index in [4.69, 9.17) is 9.26 Å². The van der Waals surface area contributed by atoms with E-state index < -0.39 is 5.60 Å². The number of hydrogen-bond acceptors (Lipinski definition) is 6. The monoisotopic (exact) mass is 529 g/mol. The van der Waals surface area contributed by atoms with Crippen molar-refractivity contribution < 1.29 is 18.8 Å². The molecule has 0 fully saturated rings. The second kappa shape index (κ2) is 10.1. The summed E-state index contributed by atoms with van der Waals surface area (Å²) in [6.07, 6.45) is 1.75. The van der Waals surface area contributed by atoms with Crippen LogP contribution in [0.15, 0.2) is 64.0 Å². The van der Waals surface area contributed by atoms with Crippen LogP contribution in [-0.2, 0) is 5.60 Å². The lowest BCUT2D eigenvalue weighted by Gasteiger charge is -2.23. The van der Waals surface area contributed by atoms with Crippen molar-refractivity contribution in [3.05, 3.63) is 98.8 Å². The van der Waals surface area contributed by atoms with E-state index in [2.05, 4.69) is 10.1 Å². The molecule has 5 aromatic rings. The summed E-state index contributed by atoms with van der Waals surface area (Å²) in [4.78, 5) is 17.5. The van der Waals surface area contributed by atoms with Crippen LogP contribution >= 0.6 is 0 Å². The van der Waals surface area contributed by atoms with Gasteiger partial charge in [-0.2, -0.15) is 4.98 Å². The molecule has 1 N–H and O–H groups in total. The highest BCUT2D eigenvalue weighted by Gasteiger charge is 2.21. The minimum atomic E-state index is -1.12. The summed E-state index contributed by atoms with van der Waals surface area (Å²) < 4.78 is 27.5. The van der Waals surface area contributed by atoms with Crippen LogP contribution in [0.1, 0.15) is 49.4 Å². The van der Waals surface area contributed by atoms with Crippen LogP contribution < -0.4 is 10.2 Å². The van der Waals surface area contributed by atoms with Gasteiger partial charge in [-0.1, -0.05) is 18.6 Å². The quantitative estimate of drug-likeness (QED) is 0.262. The van der Waals surface area contributed by atoms with E-state index in [1.807, 2.05) is 22.8 Å². The van der Waals surface area contributed by atoms with E-state index in [0.29, 0.717) is 67.6 Å². The van der Waals surface area contributed by atoms with E-state index in [9.17, 15) is 14.3 Å². The van der Waals surface area contributed by atoms with Gasteiger partial charge in [-0.3, -0.25) is 4.79 Å². The number of aliphatic hydroxyl groups is 1. The van der Waals surface area contributed by atoms with Gasteiger partial charge in [0.2, 0.25) is 0 Å². The van der Waals surface area contributed by atoms with E-state index in [-0.39, 0.29) is 18.7 Å². The molecule has 0 aliphatic heterocycles. The van der Waals surface area contributed by atoms with Crippen molar-refractivity contribution in [2.45, 2.75) is 54.6 Å². The van der Waals surface area contributed by atoms with Crippen molar-refractivity contribution in [1.82, 2.24) is 14.7 Å². The highest BCUT2D eigenvalue weighted by molar-refractivity contribution is 5.85. The first kappa shape index (κ1) is 27.7. The molecule has 39 heavy (non-hydrogen) atoms. The molecule has 0 aliphatic rings. The third kappa shape index (κ3) is 5.20. The van der Waals surface area contributed by atoms with E-state index in [0.717, 1.165) is 0 Å². The first-order chi connectivity index (χ1) is 17.9. The predicted octanol–water partition coefficient (Wildman–Crippen LogP) is 7.07. The lowest BCUT2D eigenvalue weighted by Crippen LogP contribution is -2.17. The molecule has 0 aliphatic carbocycles. The molecule has 0 saturated heterocycles. The molecule has 7 nitrogen and oxygen atoms in total. The Morgan fingerprint density at radius 2 is 1.67 bits per heavy atom. The molecule has 0 spiro atoms. The van der Waals surface area contributed by atoms with Crippen LogP contribution in [0, 0.1) is 33.5 Å². The van der Waals surface area contributed by atoms with Gasteiger partial charge in [0.1, 0.15) is 11.6 Å². The van der Waals surface area contributed by atoms with E-state index in [1.54, 1.807) is 65.9 Å². The fraction of sp³-hybridized carbons (Fsp3) is 0.258. The van der Waals surface area contributed by atoms with E-state index >= 15 is 0 Å². The SMILES string of the molecule is C.Cc1noc(-c2ccc3c(c2)c(=O)c(C)cn3-c2cc(C(C)(C)O)ccc2Oc2c(C)cc(F)cc2C)n1. The number of pyridine rings is 1. The zero-order chi connectivity index (χ0) is 27.4. The fourth-order valence-corrected chi connectivity index (χ4v) is 4.55. The summed E-state index contributed by atoms with van der Waals surface area (Å²) in [6.45, 7) is 10.5. The van der Waals surface area contributed by atoms with Gasteiger partial charge in [-0.05, 0) is 101 Å². The van der Waals surface area contributed by atoms with Gasteiger partial charge < -0.3 is 18.9 Å². The number of nitrogens with zero attached hydrogens (tertiary/aromatic N) is 3. The Labute approximate surface area is 226 Å². The van der Waals surface area contributed by atoms with Crippen molar-refractivity contribution in [2.24, 2.45) is 0 Å². The minimum absolute atomic E-state index is 0. The lowest BCUT2D eigenvalue weighted by atomic mass is 9.97. The number of halogens is 1. The molecule has 8 heteroatoms. The van der Waals surface area contributed by atoms with Gasteiger partial charge in [0.15, 0.2) is 17.0 Å². The van der Waals surface area contributed by atoms with Crippen LogP contribution in [0.2, 0.25) is 0 Å². The molecular formula is C31H32FN3O4. The average molecular weight is 530 g/mol. The molecule has 0 amide bonds. The maximum absolute atomic E-state index is 14.0. The van der Waals surface area contributed by atoms with Crippen molar-refractivity contribution in [1.29, 1.82) is 0 Å². The van der Waals surface area contributed by atoms with Crippen LogP contribution in [0.25, 0.3) is 28.0 Å². The number of rotatable bonds is 5. The normalized spacial score (nSPS) is 11.5. The van der Waals surface area contributed by atoms with Crippen molar-refractivity contribution in [3.8, 4) is 28.6 Å². The van der Waals surface area contributed by atoms with E-state index in [1.165, 1.54) is 12.1 Å². The molecule has 5 rings (SSSR count). The smallest absolute Gasteiger partial charge is 0.257 e. The molecule has 0 unspecified atom stereocenters. The predicted molar refractivity (Wildman–Crippen MR) is 150 cm³/mol. The number of aromatic nitrogens is 3. The maximum atomic E-state index is 14.0. The van der Waals surface area contributed by atoms with Gasteiger partial charge in [-0.25, -0.2) is 4.39 Å². The largest absolute Gasteiger partial charge is 0.455 e. The number of benzene rings is 3. The molecule has 0 saturated carbocycles. The summed E-state index contributed by atoms with van der Waals surface area (Å²) in [5, 5.41) is 15.1. The number of aryl methyl sites for hydroxylation is 4. The highest BCUT2D eigenvalue weighted by atomic mass is 19.1. The Kier molecular flexibility index (Phi) is 7.19. The zero-order valence-corrected chi connectivity index (χ0v) is 22.1. The van der Waals surface area contributed by atoms with Gasteiger partial charge in [-0.15, -0.1) is 0 Å². The number of ether oxygens (including phenoxy) is 1. The first-order valence-corrected chi connectivity index (χ1v) is 12.2. The standard InChI is InChI=1S/C30H28FN3O4.CH4/c1-16-11-22(31)12-17(2)28(16)37-26-10-8-21(30(5,6)36)14-25(26)34-15-18(3)27(35)23-13-20(7-9-24(23)34)29-32-19(4)33-38-29;/h7-15,36H,1-6H3;1H4. The van der Waals surface area contributed by atoms with Crippen molar-refractivity contribution in [3.63, 3.8) is 0 Å². The maximum Gasteiger partial charge on any atom is 0.257 e. The van der Waals surface area contributed by atoms with Crippen LogP contribution in [0.5, 0.6) is 11.5 Å². The number of hydrogen-bond donors (Lipinski definition) is 1. The third-order valence-electron chi connectivity index (χ3n) is 6.52. The third-order valence-corrected chi connectivity index (χ3v) is 6.52. The molecule has 0 radical (unpaired) electrons. The Morgan fingerprint density at radius 1 is 0.974 bits per heavy atom. The Hall–Kier alpha value is -4.30. The van der Waals surface area contributed by atoms with Gasteiger partial charge in [0, 0.05) is 22.7 Å². The number of fused-ring (bicyclic) bond motifs is 1. The van der Waals surface area contributed by atoms with Crippen LogP contribution in [-0.4, -0.2) is 19.8 Å². The summed E-state index contributed by atoms with van der Waals surface area (Å²) in [5.74, 6) is 1.52. The zero-order valence-electron chi connectivity index (χ0n) is 22.1. The summed E-state index contributed by atoms with van der Waals surface area (Å²) in [7, 11) is 0. The Morgan fingerprint density at radius 3 is 2.28 bits per heavy atom. The van der Waals surface area contributed by atoms with Gasteiger partial charge >= 0.3 is 0 Å². The highest BCUT2D eigenvalue weighted by Crippen LogP contribution is 2.37. The summed E-state index contributed by atoms with van der Waals surface area (Å²) in [6, 6.07) is 13.6. The topological polar surface area (TPSA) is 90.4 Å². The lowest BCUT2D eigenvalue weighted by molar-refractivity contribution is 0.0785. The fourth-order valence-electron chi connectivity index (χ4n) is 4.55. The second-order valence-electron chi connectivity index (χ2n) is 10.1. The average Bonchev–Trinajstić information content (AvgIpc) is 3.29. The molecule has 2 heterocycles. The molecule has 3 aromatic carbocycles. The van der Waals surface area contributed by atoms with Crippen molar-refractivity contribution >= 4 is 10.9 Å². The molecule has 202 valence electrons.